The van der Waals surface area contributed by atoms with E-state index in [9.17, 15) is 0 Å². The van der Waals surface area contributed by atoms with Gasteiger partial charge in [-0.2, -0.15) is 0 Å². The van der Waals surface area contributed by atoms with Crippen LogP contribution < -0.4 is 10.1 Å². The van der Waals surface area contributed by atoms with Gasteiger partial charge in [0.05, 0.1) is 23.4 Å². The van der Waals surface area contributed by atoms with E-state index < -0.39 is 0 Å². The van der Waals surface area contributed by atoms with Crippen LogP contribution in [0.1, 0.15) is 12.6 Å². The van der Waals surface area contributed by atoms with Crippen molar-refractivity contribution in [3.05, 3.63) is 30.0 Å². The molecule has 1 unspecified atom stereocenters. The van der Waals surface area contributed by atoms with Gasteiger partial charge in [-0.1, -0.05) is 18.2 Å². The molecule has 0 bridgehead atoms. The lowest BCUT2D eigenvalue weighted by atomic mass is 10.1. The number of nitrogens with one attached hydrogen (secondary N) is 1. The molecule has 3 rings (SSSR count). The van der Waals surface area contributed by atoms with E-state index >= 15 is 0 Å². The van der Waals surface area contributed by atoms with Gasteiger partial charge < -0.3 is 10.1 Å². The fraction of sp³-hybridized carbons (Fsp3) is 0.308. The molecule has 0 aliphatic carbocycles. The number of ether oxygens (including phenoxy) is 1. The predicted molar refractivity (Wildman–Crippen MR) is 65.1 cm³/mol. The summed E-state index contributed by atoms with van der Waals surface area (Å²) >= 11 is 0. The molecular formula is C13H14N2O. The number of hydrogen-bond acceptors (Lipinski definition) is 3. The number of para-hydroxylation sites is 1. The number of aryl methyl sites for hydroxylation is 1. The smallest absolute Gasteiger partial charge is 0.164 e. The van der Waals surface area contributed by atoms with Crippen molar-refractivity contribution in [2.45, 2.75) is 20.0 Å². The Kier molecular flexibility index (Phi) is 1.99. The number of pyridine rings is 1. The Morgan fingerprint density at radius 2 is 2.19 bits per heavy atom. The van der Waals surface area contributed by atoms with Crippen molar-refractivity contribution in [3.63, 3.8) is 0 Å². The molecule has 2 aromatic rings. The summed E-state index contributed by atoms with van der Waals surface area (Å²) in [6, 6.07) is 8.14. The first kappa shape index (κ1) is 9.46. The first-order valence-corrected chi connectivity index (χ1v) is 5.55. The molecule has 0 spiro atoms. The maximum absolute atomic E-state index is 5.85. The van der Waals surface area contributed by atoms with Gasteiger partial charge in [-0.3, -0.25) is 0 Å². The zero-order valence-corrected chi connectivity index (χ0v) is 9.45. The van der Waals surface area contributed by atoms with Crippen molar-refractivity contribution in [2.24, 2.45) is 0 Å². The molecule has 2 heterocycles. The Labute approximate surface area is 94.5 Å². The number of nitrogens with zero attached hydrogens (tertiary/aromatic N) is 1. The molecule has 1 atom stereocenters. The van der Waals surface area contributed by atoms with Gasteiger partial charge in [-0.15, -0.1) is 0 Å². The lowest BCUT2D eigenvalue weighted by Crippen LogP contribution is -2.28. The van der Waals surface area contributed by atoms with Crippen LogP contribution in [0.25, 0.3) is 10.9 Å². The van der Waals surface area contributed by atoms with Gasteiger partial charge in [-0.05, 0) is 19.9 Å². The second-order valence-electron chi connectivity index (χ2n) is 4.23. The minimum absolute atomic E-state index is 0.203. The second-order valence-corrected chi connectivity index (χ2v) is 4.23. The van der Waals surface area contributed by atoms with Crippen molar-refractivity contribution >= 4 is 16.6 Å². The third-order valence-corrected chi connectivity index (χ3v) is 2.90. The van der Waals surface area contributed by atoms with Gasteiger partial charge in [0.25, 0.3) is 0 Å². The highest BCUT2D eigenvalue weighted by molar-refractivity contribution is 5.95. The van der Waals surface area contributed by atoms with E-state index in [2.05, 4.69) is 23.3 Å². The molecule has 3 nitrogen and oxygen atoms in total. The van der Waals surface area contributed by atoms with Crippen molar-refractivity contribution < 1.29 is 4.74 Å². The third-order valence-electron chi connectivity index (χ3n) is 2.90. The maximum atomic E-state index is 5.85. The zero-order valence-electron chi connectivity index (χ0n) is 9.45. The number of aromatic nitrogens is 1. The SMILES string of the molecule is Cc1nc2ccccc2c2c1OC(C)CN2. The predicted octanol–water partition coefficient (Wildman–Crippen LogP) is 2.74. The number of fused-ring (bicyclic) bond motifs is 3. The Balaban J connectivity index is 2.32. The van der Waals surface area contributed by atoms with Gasteiger partial charge in [0, 0.05) is 5.39 Å². The van der Waals surface area contributed by atoms with Crippen molar-refractivity contribution in [2.75, 3.05) is 11.9 Å². The van der Waals surface area contributed by atoms with Crippen LogP contribution in [0.5, 0.6) is 5.75 Å². The molecule has 0 radical (unpaired) electrons. The Hall–Kier alpha value is -1.77. The normalized spacial score (nSPS) is 18.8. The summed E-state index contributed by atoms with van der Waals surface area (Å²) < 4.78 is 5.85. The molecule has 1 aliphatic heterocycles. The van der Waals surface area contributed by atoms with E-state index in [0.717, 1.165) is 34.6 Å². The summed E-state index contributed by atoms with van der Waals surface area (Å²) in [7, 11) is 0. The molecule has 0 saturated carbocycles. The van der Waals surface area contributed by atoms with Crippen LogP contribution in [0, 0.1) is 6.92 Å². The minimum Gasteiger partial charge on any atom is -0.485 e. The summed E-state index contributed by atoms with van der Waals surface area (Å²) in [4.78, 5) is 4.56. The van der Waals surface area contributed by atoms with Gasteiger partial charge in [0.15, 0.2) is 5.75 Å². The molecule has 16 heavy (non-hydrogen) atoms. The maximum Gasteiger partial charge on any atom is 0.164 e. The molecule has 1 N–H and O–H groups in total. The van der Waals surface area contributed by atoms with E-state index in [-0.39, 0.29) is 6.10 Å². The Bertz CT molecular complexity index is 551. The molecular weight excluding hydrogens is 200 g/mol. The highest BCUT2D eigenvalue weighted by Crippen LogP contribution is 2.37. The highest BCUT2D eigenvalue weighted by Gasteiger charge is 2.20. The number of anilines is 1. The van der Waals surface area contributed by atoms with Gasteiger partial charge in [-0.25, -0.2) is 4.98 Å². The Morgan fingerprint density at radius 3 is 3.06 bits per heavy atom. The third kappa shape index (κ3) is 1.32. The summed E-state index contributed by atoms with van der Waals surface area (Å²) in [5.74, 6) is 0.900. The van der Waals surface area contributed by atoms with Crippen LogP contribution in [0.3, 0.4) is 0 Å². The van der Waals surface area contributed by atoms with Crippen molar-refractivity contribution in [1.29, 1.82) is 0 Å². The topological polar surface area (TPSA) is 34.1 Å². The molecule has 0 saturated heterocycles. The largest absolute Gasteiger partial charge is 0.485 e. The van der Waals surface area contributed by atoms with E-state index in [1.165, 1.54) is 0 Å². The van der Waals surface area contributed by atoms with Gasteiger partial charge in [0.1, 0.15) is 6.10 Å². The summed E-state index contributed by atoms with van der Waals surface area (Å²) in [6.45, 7) is 4.90. The first-order chi connectivity index (χ1) is 7.75. The number of benzene rings is 1. The summed E-state index contributed by atoms with van der Waals surface area (Å²) in [6.07, 6.45) is 0.203. The Morgan fingerprint density at radius 1 is 1.38 bits per heavy atom. The van der Waals surface area contributed by atoms with Crippen LogP contribution >= 0.6 is 0 Å². The van der Waals surface area contributed by atoms with Crippen LogP contribution in [-0.2, 0) is 0 Å². The van der Waals surface area contributed by atoms with Crippen molar-refractivity contribution in [3.8, 4) is 5.75 Å². The van der Waals surface area contributed by atoms with Crippen LogP contribution in [-0.4, -0.2) is 17.6 Å². The molecule has 3 heteroatoms. The quantitative estimate of drug-likeness (QED) is 0.732. The van der Waals surface area contributed by atoms with E-state index in [1.54, 1.807) is 0 Å². The van der Waals surface area contributed by atoms with Crippen molar-refractivity contribution in [1.82, 2.24) is 4.98 Å². The van der Waals surface area contributed by atoms with E-state index in [1.807, 2.05) is 25.1 Å². The molecule has 1 aromatic heterocycles. The van der Waals surface area contributed by atoms with Crippen LogP contribution in [0.2, 0.25) is 0 Å². The average Bonchev–Trinajstić information content (AvgIpc) is 2.29. The van der Waals surface area contributed by atoms with E-state index in [0.29, 0.717) is 0 Å². The standard InChI is InChI=1S/C13H14N2O/c1-8-7-14-12-10-5-3-4-6-11(10)15-9(2)13(12)16-8/h3-6,8,14H,7H2,1-2H3. The fourth-order valence-electron chi connectivity index (χ4n) is 2.13. The lowest BCUT2D eigenvalue weighted by Gasteiger charge is -2.26. The molecule has 82 valence electrons. The summed E-state index contributed by atoms with van der Waals surface area (Å²) in [5, 5.41) is 4.57. The molecule has 1 aromatic carbocycles. The first-order valence-electron chi connectivity index (χ1n) is 5.55. The highest BCUT2D eigenvalue weighted by atomic mass is 16.5. The monoisotopic (exact) mass is 214 g/mol. The van der Waals surface area contributed by atoms with Gasteiger partial charge in [0.2, 0.25) is 0 Å². The molecule has 0 amide bonds. The number of rotatable bonds is 0. The lowest BCUT2D eigenvalue weighted by molar-refractivity contribution is 0.224. The average molecular weight is 214 g/mol. The van der Waals surface area contributed by atoms with Crippen LogP contribution in [0.15, 0.2) is 24.3 Å². The number of hydrogen-bond donors (Lipinski definition) is 1. The second kappa shape index (κ2) is 3.37. The zero-order chi connectivity index (χ0) is 11.1. The molecule has 1 aliphatic rings. The van der Waals surface area contributed by atoms with Gasteiger partial charge >= 0.3 is 0 Å². The minimum atomic E-state index is 0.203. The van der Waals surface area contributed by atoms with Crippen LogP contribution in [0.4, 0.5) is 5.69 Å². The molecule has 0 fully saturated rings. The van der Waals surface area contributed by atoms with E-state index in [4.69, 9.17) is 4.74 Å². The summed E-state index contributed by atoms with van der Waals surface area (Å²) in [5.41, 5.74) is 3.05. The fourth-order valence-corrected chi connectivity index (χ4v) is 2.13.